The molecule has 0 radical (unpaired) electrons. The van der Waals surface area contributed by atoms with Gasteiger partial charge in [-0.15, -0.1) is 0 Å². The Morgan fingerprint density at radius 1 is 1.36 bits per heavy atom. The monoisotopic (exact) mass is 416 g/mol. The summed E-state index contributed by atoms with van der Waals surface area (Å²) >= 11 is 0. The average molecular weight is 416 g/mol. The van der Waals surface area contributed by atoms with Gasteiger partial charge in [0, 0.05) is 43.2 Å². The first-order chi connectivity index (χ1) is 13.0. The molecule has 1 aliphatic heterocycles. The molecule has 0 aliphatic carbocycles. The molecule has 2 aromatic rings. The van der Waals surface area contributed by atoms with Crippen molar-refractivity contribution in [1.82, 2.24) is 24.0 Å². The molecule has 0 aromatic carbocycles. The second kappa shape index (κ2) is 7.68. The van der Waals surface area contributed by atoms with E-state index in [1.165, 1.54) is 0 Å². The van der Waals surface area contributed by atoms with E-state index >= 15 is 0 Å². The van der Waals surface area contributed by atoms with Gasteiger partial charge in [-0.05, 0) is 25.8 Å². The number of halogens is 2. The van der Waals surface area contributed by atoms with Crippen LogP contribution in [0, 0.1) is 6.92 Å². The van der Waals surface area contributed by atoms with Crippen LogP contribution >= 0.6 is 0 Å². The molecule has 12 heteroatoms. The molecule has 0 amide bonds. The number of rotatable bonds is 6. The number of fused-ring (bicyclic) bond motifs is 1. The molecule has 154 valence electrons. The van der Waals surface area contributed by atoms with Gasteiger partial charge < -0.3 is 10.3 Å². The highest BCUT2D eigenvalue weighted by atomic mass is 32.2. The van der Waals surface area contributed by atoms with E-state index in [1.807, 2.05) is 4.72 Å². The maximum atomic E-state index is 12.9. The third-order valence-electron chi connectivity index (χ3n) is 4.47. The van der Waals surface area contributed by atoms with Gasteiger partial charge in [-0.2, -0.15) is 22.4 Å². The van der Waals surface area contributed by atoms with Gasteiger partial charge in [-0.3, -0.25) is 4.79 Å². The summed E-state index contributed by atoms with van der Waals surface area (Å²) in [5, 5.41) is 3.84. The average Bonchev–Trinajstić information content (AvgIpc) is 2.61. The number of aryl methyl sites for hydroxylation is 1. The molecule has 0 saturated carbocycles. The summed E-state index contributed by atoms with van der Waals surface area (Å²) in [6.45, 7) is 1.79. The van der Waals surface area contributed by atoms with Crippen LogP contribution in [0.5, 0.6) is 0 Å². The van der Waals surface area contributed by atoms with Crippen LogP contribution in [0.4, 0.5) is 14.7 Å². The van der Waals surface area contributed by atoms with Gasteiger partial charge in [0.25, 0.3) is 21.7 Å². The van der Waals surface area contributed by atoms with Crippen LogP contribution in [0.2, 0.25) is 0 Å². The summed E-state index contributed by atoms with van der Waals surface area (Å²) in [5.41, 5.74) is 0.762. The maximum absolute atomic E-state index is 12.9. The SMILES string of the molecule is Cc1cc2cnc(NC3CCN(S(=O)(=O)NCC(C)(F)F)CC3)nc2[nH]c1=O. The first kappa shape index (κ1) is 20.6. The number of hydrogen-bond acceptors (Lipinski definition) is 6. The highest BCUT2D eigenvalue weighted by Crippen LogP contribution is 2.18. The minimum Gasteiger partial charge on any atom is -0.351 e. The molecular formula is C16H22F2N6O3S. The van der Waals surface area contributed by atoms with Crippen molar-refractivity contribution in [1.29, 1.82) is 0 Å². The molecule has 3 rings (SSSR count). The second-order valence-corrected chi connectivity index (χ2v) is 8.75. The van der Waals surface area contributed by atoms with Gasteiger partial charge in [0.05, 0.1) is 6.54 Å². The van der Waals surface area contributed by atoms with Crippen molar-refractivity contribution in [3.63, 3.8) is 0 Å². The summed E-state index contributed by atoms with van der Waals surface area (Å²) in [7, 11) is -3.95. The largest absolute Gasteiger partial charge is 0.351 e. The Balaban J connectivity index is 1.60. The van der Waals surface area contributed by atoms with Crippen LogP contribution in [-0.2, 0) is 10.2 Å². The second-order valence-electron chi connectivity index (χ2n) is 6.99. The molecule has 3 N–H and O–H groups in total. The fourth-order valence-corrected chi connectivity index (χ4v) is 4.21. The first-order valence-electron chi connectivity index (χ1n) is 8.79. The zero-order chi connectivity index (χ0) is 20.5. The van der Waals surface area contributed by atoms with Crippen LogP contribution in [-0.4, -0.2) is 59.3 Å². The Morgan fingerprint density at radius 2 is 2.04 bits per heavy atom. The molecule has 28 heavy (non-hydrogen) atoms. The summed E-state index contributed by atoms with van der Waals surface area (Å²) in [4.78, 5) is 22.9. The standard InChI is InChI=1S/C16H22F2N6O3S/c1-10-7-11-8-19-15(23-13(11)22-14(10)25)21-12-3-5-24(6-4-12)28(26,27)20-9-16(2,17)18/h7-8,12,20H,3-6,9H2,1-2H3,(H2,19,21,22,23,25). The predicted octanol–water partition coefficient (Wildman–Crippen LogP) is 0.992. The molecule has 9 nitrogen and oxygen atoms in total. The number of aromatic nitrogens is 3. The van der Waals surface area contributed by atoms with Crippen molar-refractivity contribution < 1.29 is 17.2 Å². The highest BCUT2D eigenvalue weighted by molar-refractivity contribution is 7.87. The first-order valence-corrected chi connectivity index (χ1v) is 10.2. The van der Waals surface area contributed by atoms with E-state index in [4.69, 9.17) is 0 Å². The Hall–Kier alpha value is -2.18. The number of pyridine rings is 1. The molecule has 1 aliphatic rings. The molecule has 0 atom stereocenters. The van der Waals surface area contributed by atoms with Gasteiger partial charge in [0.1, 0.15) is 5.65 Å². The molecule has 0 bridgehead atoms. The summed E-state index contributed by atoms with van der Waals surface area (Å²) in [6.07, 6.45) is 2.53. The van der Waals surface area contributed by atoms with Crippen LogP contribution < -0.4 is 15.6 Å². The van der Waals surface area contributed by atoms with E-state index in [0.29, 0.717) is 42.3 Å². The van der Waals surface area contributed by atoms with Crippen LogP contribution in [0.25, 0.3) is 11.0 Å². The predicted molar refractivity (Wildman–Crippen MR) is 101 cm³/mol. The Bertz CT molecular complexity index is 1010. The third-order valence-corrected chi connectivity index (χ3v) is 6.03. The van der Waals surface area contributed by atoms with E-state index < -0.39 is 22.7 Å². The number of alkyl halides is 2. The summed E-state index contributed by atoms with van der Waals surface area (Å²) < 4.78 is 53.1. The van der Waals surface area contributed by atoms with Crippen LogP contribution in [0.15, 0.2) is 17.1 Å². The fraction of sp³-hybridized carbons (Fsp3) is 0.562. The quantitative estimate of drug-likeness (QED) is 0.646. The summed E-state index contributed by atoms with van der Waals surface area (Å²) in [6, 6.07) is 1.63. The van der Waals surface area contributed by atoms with E-state index in [-0.39, 0.29) is 24.7 Å². The topological polar surface area (TPSA) is 120 Å². The number of piperidine rings is 1. The lowest BCUT2D eigenvalue weighted by Crippen LogP contribution is -2.49. The van der Waals surface area contributed by atoms with Gasteiger partial charge in [-0.25, -0.2) is 13.8 Å². The Kier molecular flexibility index (Phi) is 5.64. The van der Waals surface area contributed by atoms with Gasteiger partial charge >= 0.3 is 0 Å². The Morgan fingerprint density at radius 3 is 2.68 bits per heavy atom. The zero-order valence-corrected chi connectivity index (χ0v) is 16.3. The smallest absolute Gasteiger partial charge is 0.279 e. The highest BCUT2D eigenvalue weighted by Gasteiger charge is 2.31. The minimum absolute atomic E-state index is 0.0753. The van der Waals surface area contributed by atoms with E-state index in [9.17, 15) is 22.0 Å². The maximum Gasteiger partial charge on any atom is 0.279 e. The van der Waals surface area contributed by atoms with Gasteiger partial charge in [0.15, 0.2) is 0 Å². The van der Waals surface area contributed by atoms with Gasteiger partial charge in [0.2, 0.25) is 5.95 Å². The van der Waals surface area contributed by atoms with Crippen molar-refractivity contribution in [2.45, 2.75) is 38.7 Å². The van der Waals surface area contributed by atoms with Crippen molar-refractivity contribution in [2.75, 3.05) is 25.0 Å². The van der Waals surface area contributed by atoms with E-state index in [1.54, 1.807) is 19.2 Å². The van der Waals surface area contributed by atoms with Crippen molar-refractivity contribution >= 4 is 27.2 Å². The zero-order valence-electron chi connectivity index (χ0n) is 15.5. The third kappa shape index (κ3) is 5.00. The molecule has 0 unspecified atom stereocenters. The lowest BCUT2D eigenvalue weighted by atomic mass is 10.1. The lowest BCUT2D eigenvalue weighted by molar-refractivity contribution is 0.0277. The molecule has 1 saturated heterocycles. The lowest BCUT2D eigenvalue weighted by Gasteiger charge is -2.31. The number of nitrogens with zero attached hydrogens (tertiary/aromatic N) is 3. The Labute approximate surface area is 160 Å². The number of aromatic amines is 1. The number of hydrogen-bond donors (Lipinski definition) is 3. The van der Waals surface area contributed by atoms with Crippen molar-refractivity contribution in [3.05, 3.63) is 28.2 Å². The van der Waals surface area contributed by atoms with Gasteiger partial charge in [-0.1, -0.05) is 0 Å². The normalized spacial score (nSPS) is 17.1. The van der Waals surface area contributed by atoms with Crippen LogP contribution in [0.1, 0.15) is 25.3 Å². The number of anilines is 1. The van der Waals surface area contributed by atoms with Crippen molar-refractivity contribution in [3.8, 4) is 0 Å². The minimum atomic E-state index is -3.95. The fourth-order valence-electron chi connectivity index (χ4n) is 2.90. The molecule has 2 aromatic heterocycles. The molecule has 1 fully saturated rings. The molecule has 3 heterocycles. The van der Waals surface area contributed by atoms with Crippen molar-refractivity contribution in [2.24, 2.45) is 0 Å². The van der Waals surface area contributed by atoms with E-state index in [0.717, 1.165) is 4.31 Å². The van der Waals surface area contributed by atoms with Crippen LogP contribution in [0.3, 0.4) is 0 Å². The molecule has 0 spiro atoms. The summed E-state index contributed by atoms with van der Waals surface area (Å²) in [5.74, 6) is -2.78. The molecular weight excluding hydrogens is 394 g/mol. The number of nitrogens with one attached hydrogen (secondary N) is 3. The number of H-pyrrole nitrogens is 1. The van der Waals surface area contributed by atoms with E-state index in [2.05, 4.69) is 20.3 Å².